The van der Waals surface area contributed by atoms with E-state index in [0.717, 1.165) is 35.1 Å². The number of hydrogen-bond acceptors (Lipinski definition) is 6. The maximum atomic E-state index is 12.9. The Morgan fingerprint density at radius 2 is 1.91 bits per heavy atom. The van der Waals surface area contributed by atoms with E-state index in [1.54, 1.807) is 14.0 Å². The number of aliphatic hydroxyl groups excluding tert-OH is 1. The highest BCUT2D eigenvalue weighted by molar-refractivity contribution is 5.94. The van der Waals surface area contributed by atoms with Crippen LogP contribution in [0, 0.1) is 0 Å². The molecule has 1 aromatic heterocycles. The van der Waals surface area contributed by atoms with Crippen LogP contribution in [0.5, 0.6) is 0 Å². The Morgan fingerprint density at radius 3 is 2.55 bits per heavy atom. The molecule has 4 atom stereocenters. The Kier molecular flexibility index (Phi) is 6.76. The summed E-state index contributed by atoms with van der Waals surface area (Å²) in [5.41, 5.74) is 2.62. The Bertz CT molecular complexity index is 1140. The molecule has 0 radical (unpaired) electrons. The van der Waals surface area contributed by atoms with Gasteiger partial charge in [-0.15, -0.1) is 5.10 Å². The van der Waals surface area contributed by atoms with Crippen LogP contribution in [0.4, 0.5) is 0 Å². The van der Waals surface area contributed by atoms with Gasteiger partial charge >= 0.3 is 5.76 Å². The Morgan fingerprint density at radius 1 is 1.21 bits per heavy atom. The molecule has 1 saturated heterocycles. The van der Waals surface area contributed by atoms with Gasteiger partial charge in [0.05, 0.1) is 6.10 Å². The van der Waals surface area contributed by atoms with E-state index < -0.39 is 17.9 Å². The van der Waals surface area contributed by atoms with E-state index in [4.69, 9.17) is 4.42 Å². The summed E-state index contributed by atoms with van der Waals surface area (Å²) in [6.07, 6.45) is 2.23. The highest BCUT2D eigenvalue weighted by Crippen LogP contribution is 2.27. The minimum absolute atomic E-state index is 0.0417. The number of hydrogen-bond donors (Lipinski definition) is 2. The Labute approximate surface area is 192 Å². The number of rotatable bonds is 7. The van der Waals surface area contributed by atoms with Crippen LogP contribution in [0.3, 0.4) is 0 Å². The first kappa shape index (κ1) is 22.9. The second-order valence-electron chi connectivity index (χ2n) is 8.73. The van der Waals surface area contributed by atoms with Crippen molar-refractivity contribution in [3.05, 3.63) is 87.7 Å². The highest BCUT2D eigenvalue weighted by Gasteiger charge is 2.30. The van der Waals surface area contributed by atoms with Crippen LogP contribution in [-0.2, 0) is 13.5 Å². The van der Waals surface area contributed by atoms with Gasteiger partial charge in [-0.05, 0) is 49.4 Å². The molecule has 2 aromatic carbocycles. The molecule has 8 nitrogen and oxygen atoms in total. The standard InChI is InChI=1S/C25H30N4O4/c1-16(23-27-29(3)25(32)33-23)28(2)24(31)19-11-9-17(10-12-19)15-20-13-14-21(26-20)22(30)18-7-5-4-6-8-18/h4-12,16,20-22,26,30H,13-15H2,1-3H3/t16-,20+,21-,22-/m1/s1. The minimum atomic E-state index is -0.555. The van der Waals surface area contributed by atoms with Gasteiger partial charge in [-0.1, -0.05) is 42.5 Å². The maximum Gasteiger partial charge on any atom is 0.436 e. The summed E-state index contributed by atoms with van der Waals surface area (Å²) >= 11 is 0. The number of carbonyl (C=O) groups excluding carboxylic acids is 1. The van der Waals surface area contributed by atoms with Crippen molar-refractivity contribution in [1.29, 1.82) is 0 Å². The van der Waals surface area contributed by atoms with Gasteiger partial charge in [0.1, 0.15) is 6.04 Å². The topological polar surface area (TPSA) is 101 Å². The minimum Gasteiger partial charge on any atom is -0.390 e. The zero-order valence-corrected chi connectivity index (χ0v) is 19.1. The Balaban J connectivity index is 1.34. The fourth-order valence-corrected chi connectivity index (χ4v) is 4.29. The summed E-state index contributed by atoms with van der Waals surface area (Å²) < 4.78 is 6.22. The van der Waals surface area contributed by atoms with Gasteiger partial charge < -0.3 is 19.7 Å². The molecule has 2 heterocycles. The second kappa shape index (κ2) is 9.72. The molecule has 0 unspecified atom stereocenters. The van der Waals surface area contributed by atoms with Crippen molar-refractivity contribution in [2.75, 3.05) is 7.05 Å². The first-order valence-electron chi connectivity index (χ1n) is 11.2. The first-order chi connectivity index (χ1) is 15.8. The van der Waals surface area contributed by atoms with E-state index in [1.165, 1.54) is 11.9 Å². The van der Waals surface area contributed by atoms with Crippen molar-refractivity contribution in [2.45, 2.75) is 50.4 Å². The molecule has 1 aliphatic rings. The zero-order valence-electron chi connectivity index (χ0n) is 19.1. The highest BCUT2D eigenvalue weighted by atomic mass is 16.4. The molecule has 1 aliphatic heterocycles. The zero-order chi connectivity index (χ0) is 23.5. The van der Waals surface area contributed by atoms with Crippen molar-refractivity contribution in [3.8, 4) is 0 Å². The lowest BCUT2D eigenvalue weighted by atomic mass is 10.0. The monoisotopic (exact) mass is 450 g/mol. The van der Waals surface area contributed by atoms with Crippen LogP contribution in [0.25, 0.3) is 0 Å². The lowest BCUT2D eigenvalue weighted by molar-refractivity contribution is 0.0720. The molecule has 1 amide bonds. The maximum absolute atomic E-state index is 12.9. The smallest absolute Gasteiger partial charge is 0.390 e. The van der Waals surface area contributed by atoms with Crippen molar-refractivity contribution >= 4 is 5.91 Å². The molecule has 8 heteroatoms. The second-order valence-corrected chi connectivity index (χ2v) is 8.73. The van der Waals surface area contributed by atoms with Gasteiger partial charge in [0.2, 0.25) is 5.89 Å². The molecule has 0 spiro atoms. The fourth-order valence-electron chi connectivity index (χ4n) is 4.29. The van der Waals surface area contributed by atoms with Crippen LogP contribution >= 0.6 is 0 Å². The largest absolute Gasteiger partial charge is 0.436 e. The molecule has 0 saturated carbocycles. The predicted molar refractivity (Wildman–Crippen MR) is 124 cm³/mol. The van der Waals surface area contributed by atoms with Gasteiger partial charge in [-0.3, -0.25) is 4.79 Å². The van der Waals surface area contributed by atoms with Gasteiger partial charge in [-0.25, -0.2) is 4.79 Å². The van der Waals surface area contributed by atoms with E-state index in [9.17, 15) is 14.7 Å². The third-order valence-electron chi connectivity index (χ3n) is 6.44. The molecule has 3 aromatic rings. The average Bonchev–Trinajstić information content (AvgIpc) is 3.44. The third-order valence-corrected chi connectivity index (χ3v) is 6.44. The van der Waals surface area contributed by atoms with Crippen LogP contribution in [0.15, 0.2) is 63.8 Å². The van der Waals surface area contributed by atoms with Gasteiger partial charge in [-0.2, -0.15) is 4.68 Å². The molecule has 0 bridgehead atoms. The first-order valence-corrected chi connectivity index (χ1v) is 11.2. The molecule has 0 aliphatic carbocycles. The molecule has 2 N–H and O–H groups in total. The van der Waals surface area contributed by atoms with Crippen LogP contribution in [0.2, 0.25) is 0 Å². The number of carbonyl (C=O) groups is 1. The van der Waals surface area contributed by atoms with E-state index in [2.05, 4.69) is 10.4 Å². The van der Waals surface area contributed by atoms with Crippen LogP contribution in [0.1, 0.15) is 59.3 Å². The van der Waals surface area contributed by atoms with E-state index in [1.807, 2.05) is 54.6 Å². The lowest BCUT2D eigenvalue weighted by Gasteiger charge is -2.22. The number of nitrogens with zero attached hydrogens (tertiary/aromatic N) is 3. The third kappa shape index (κ3) is 5.07. The van der Waals surface area contributed by atoms with Crippen molar-refractivity contribution in [1.82, 2.24) is 20.0 Å². The average molecular weight is 451 g/mol. The van der Waals surface area contributed by atoms with E-state index in [-0.39, 0.29) is 23.9 Å². The summed E-state index contributed by atoms with van der Waals surface area (Å²) in [5.74, 6) is -0.525. The number of amides is 1. The quantitative estimate of drug-likeness (QED) is 0.574. The molecule has 174 valence electrons. The normalized spacial score (nSPS) is 19.9. The number of nitrogens with one attached hydrogen (secondary N) is 1. The van der Waals surface area contributed by atoms with Crippen LogP contribution < -0.4 is 11.1 Å². The van der Waals surface area contributed by atoms with Crippen molar-refractivity contribution in [2.24, 2.45) is 7.05 Å². The SMILES string of the molecule is C[C@H](c1nn(C)c(=O)o1)N(C)C(=O)c1ccc(C[C@@H]2CC[C@H]([C@H](O)c3ccccc3)N2)cc1. The van der Waals surface area contributed by atoms with E-state index >= 15 is 0 Å². The number of aromatic nitrogens is 2. The van der Waals surface area contributed by atoms with Crippen molar-refractivity contribution in [3.63, 3.8) is 0 Å². The summed E-state index contributed by atoms with van der Waals surface area (Å²) in [4.78, 5) is 25.9. The molecule has 1 fully saturated rings. The molecular weight excluding hydrogens is 420 g/mol. The van der Waals surface area contributed by atoms with Gasteiger partial charge in [0.15, 0.2) is 0 Å². The number of aliphatic hydroxyl groups is 1. The summed E-state index contributed by atoms with van der Waals surface area (Å²) in [6, 6.07) is 17.2. The molecular formula is C25H30N4O4. The summed E-state index contributed by atoms with van der Waals surface area (Å²) in [6.45, 7) is 1.77. The lowest BCUT2D eigenvalue weighted by Crippen LogP contribution is -2.35. The number of aryl methyl sites for hydroxylation is 1. The van der Waals surface area contributed by atoms with Gasteiger partial charge in [0.25, 0.3) is 5.91 Å². The Hall–Kier alpha value is -3.23. The van der Waals surface area contributed by atoms with E-state index in [0.29, 0.717) is 5.56 Å². The molecule has 33 heavy (non-hydrogen) atoms. The van der Waals surface area contributed by atoms with Crippen LogP contribution in [-0.4, -0.2) is 44.8 Å². The number of benzene rings is 2. The molecule has 4 rings (SSSR count). The summed E-state index contributed by atoms with van der Waals surface area (Å²) in [5, 5.41) is 18.3. The van der Waals surface area contributed by atoms with Crippen molar-refractivity contribution < 1.29 is 14.3 Å². The predicted octanol–water partition coefficient (Wildman–Crippen LogP) is 2.60. The van der Waals surface area contributed by atoms with Gasteiger partial charge in [0, 0.05) is 31.7 Å². The fraction of sp³-hybridized carbons (Fsp3) is 0.400. The summed E-state index contributed by atoms with van der Waals surface area (Å²) in [7, 11) is 3.17.